The van der Waals surface area contributed by atoms with Gasteiger partial charge in [-0.25, -0.2) is 4.98 Å². The van der Waals surface area contributed by atoms with Crippen molar-refractivity contribution >= 4 is 5.91 Å². The van der Waals surface area contributed by atoms with Crippen molar-refractivity contribution in [3.05, 3.63) is 65.0 Å². The summed E-state index contributed by atoms with van der Waals surface area (Å²) in [4.78, 5) is 22.2. The van der Waals surface area contributed by atoms with Gasteiger partial charge in [-0.05, 0) is 39.3 Å². The number of aromatic nitrogens is 5. The summed E-state index contributed by atoms with van der Waals surface area (Å²) >= 11 is 0. The molecule has 1 aliphatic heterocycles. The number of aromatic amines is 1. The van der Waals surface area contributed by atoms with Crippen molar-refractivity contribution in [1.82, 2.24) is 34.8 Å². The maximum absolute atomic E-state index is 13.3. The Morgan fingerprint density at radius 1 is 1.20 bits per heavy atom. The lowest BCUT2D eigenvalue weighted by molar-refractivity contribution is 0.0663. The molecule has 0 aliphatic carbocycles. The van der Waals surface area contributed by atoms with Gasteiger partial charge in [-0.2, -0.15) is 10.2 Å². The predicted molar refractivity (Wildman–Crippen MR) is 114 cm³/mol. The van der Waals surface area contributed by atoms with Gasteiger partial charge in [0.2, 0.25) is 0 Å². The van der Waals surface area contributed by atoms with Gasteiger partial charge in [-0.3, -0.25) is 19.5 Å². The van der Waals surface area contributed by atoms with Crippen LogP contribution in [0.4, 0.5) is 0 Å². The van der Waals surface area contributed by atoms with Crippen molar-refractivity contribution < 1.29 is 4.79 Å². The van der Waals surface area contributed by atoms with Crippen molar-refractivity contribution in [3.63, 3.8) is 0 Å². The Hall–Kier alpha value is -3.00. The largest absolute Gasteiger partial charge is 0.327 e. The number of carbonyl (C=O) groups excluding carboxylic acids is 1. The van der Waals surface area contributed by atoms with Gasteiger partial charge in [0.25, 0.3) is 5.91 Å². The van der Waals surface area contributed by atoms with E-state index in [2.05, 4.69) is 45.2 Å². The average Bonchev–Trinajstić information content (AvgIpc) is 3.27. The first-order valence-electron chi connectivity index (χ1n) is 10.6. The van der Waals surface area contributed by atoms with E-state index in [9.17, 15) is 4.79 Å². The van der Waals surface area contributed by atoms with Crippen LogP contribution in [0.5, 0.6) is 0 Å². The van der Waals surface area contributed by atoms with Crippen molar-refractivity contribution in [2.45, 2.75) is 46.3 Å². The molecule has 1 fully saturated rings. The highest BCUT2D eigenvalue weighted by atomic mass is 16.2. The second-order valence-electron chi connectivity index (χ2n) is 7.84. The van der Waals surface area contributed by atoms with Gasteiger partial charge in [0, 0.05) is 50.0 Å². The predicted octanol–water partition coefficient (Wildman–Crippen LogP) is 2.73. The van der Waals surface area contributed by atoms with Crippen LogP contribution in [0.1, 0.15) is 52.7 Å². The minimum Gasteiger partial charge on any atom is -0.327 e. The van der Waals surface area contributed by atoms with Gasteiger partial charge in [0.1, 0.15) is 11.9 Å². The molecule has 2 aromatic heterocycles. The van der Waals surface area contributed by atoms with E-state index < -0.39 is 0 Å². The van der Waals surface area contributed by atoms with E-state index in [1.807, 2.05) is 46.8 Å². The molecule has 30 heavy (non-hydrogen) atoms. The normalized spacial score (nSPS) is 17.8. The maximum atomic E-state index is 13.3. The number of nitrogens with one attached hydrogen (secondary N) is 1. The fraction of sp³-hybridized carbons (Fsp3) is 0.455. The Morgan fingerprint density at radius 3 is 2.67 bits per heavy atom. The van der Waals surface area contributed by atoms with Crippen molar-refractivity contribution in [3.8, 4) is 0 Å². The van der Waals surface area contributed by atoms with E-state index in [1.54, 1.807) is 0 Å². The number of nitrogens with zero attached hydrogens (tertiary/aromatic N) is 6. The number of hydrogen-bond donors (Lipinski definition) is 1. The van der Waals surface area contributed by atoms with Crippen LogP contribution in [0, 0.1) is 13.8 Å². The van der Waals surface area contributed by atoms with Crippen LogP contribution >= 0.6 is 0 Å². The molecule has 8 nitrogen and oxygen atoms in total. The lowest BCUT2D eigenvalue weighted by Crippen LogP contribution is -2.39. The van der Waals surface area contributed by atoms with Crippen LogP contribution < -0.4 is 0 Å². The van der Waals surface area contributed by atoms with Crippen LogP contribution in [0.15, 0.2) is 36.5 Å². The van der Waals surface area contributed by atoms with E-state index in [0.717, 1.165) is 37.6 Å². The number of amides is 1. The lowest BCUT2D eigenvalue weighted by Gasteiger charge is -2.30. The zero-order valence-corrected chi connectivity index (χ0v) is 17.9. The molecule has 3 heterocycles. The highest BCUT2D eigenvalue weighted by Crippen LogP contribution is 2.26. The Morgan fingerprint density at radius 2 is 2.00 bits per heavy atom. The van der Waals surface area contributed by atoms with E-state index >= 15 is 0 Å². The van der Waals surface area contributed by atoms with Crippen LogP contribution in [-0.4, -0.2) is 60.3 Å². The number of carbonyl (C=O) groups is 1. The van der Waals surface area contributed by atoms with Crippen LogP contribution in [-0.2, 0) is 13.1 Å². The summed E-state index contributed by atoms with van der Waals surface area (Å²) in [7, 11) is 0. The fourth-order valence-electron chi connectivity index (χ4n) is 4.04. The molecule has 8 heteroatoms. The van der Waals surface area contributed by atoms with E-state index in [4.69, 9.17) is 0 Å². The Kier molecular flexibility index (Phi) is 5.94. The van der Waals surface area contributed by atoms with Crippen LogP contribution in [0.25, 0.3) is 0 Å². The molecule has 1 N–H and O–H groups in total. The molecule has 4 rings (SSSR count). The van der Waals surface area contributed by atoms with E-state index in [-0.39, 0.29) is 11.9 Å². The van der Waals surface area contributed by atoms with Gasteiger partial charge in [-0.1, -0.05) is 18.2 Å². The summed E-state index contributed by atoms with van der Waals surface area (Å²) in [5.41, 5.74) is 2.98. The fourth-order valence-corrected chi connectivity index (χ4v) is 4.04. The number of aryl methyl sites for hydroxylation is 3. The topological polar surface area (TPSA) is 82.9 Å². The summed E-state index contributed by atoms with van der Waals surface area (Å²) in [5, 5.41) is 11.9. The van der Waals surface area contributed by atoms with E-state index in [1.165, 1.54) is 5.56 Å². The lowest BCUT2D eigenvalue weighted by atomic mass is 10.1. The number of benzene rings is 1. The Labute approximate surface area is 176 Å². The minimum absolute atomic E-state index is 0.0277. The molecule has 1 unspecified atom stereocenters. The highest BCUT2D eigenvalue weighted by Gasteiger charge is 2.33. The molecule has 1 aromatic carbocycles. The van der Waals surface area contributed by atoms with Crippen molar-refractivity contribution in [2.24, 2.45) is 0 Å². The molecule has 0 spiro atoms. The van der Waals surface area contributed by atoms with Gasteiger partial charge < -0.3 is 4.90 Å². The molecule has 1 amide bonds. The molecule has 158 valence electrons. The first kappa shape index (κ1) is 20.3. The number of rotatable bonds is 5. The second-order valence-corrected chi connectivity index (χ2v) is 7.84. The van der Waals surface area contributed by atoms with Gasteiger partial charge in [0.05, 0.1) is 5.69 Å². The molecule has 0 saturated carbocycles. The van der Waals surface area contributed by atoms with Gasteiger partial charge in [-0.15, -0.1) is 0 Å². The highest BCUT2D eigenvalue weighted by molar-refractivity contribution is 5.94. The standard InChI is InChI=1S/C22H29N7O/c1-4-28-14-19(16(2)26-28)13-27-11-8-12-29(22(30)18-9-6-5-7-10-18)20(15-27)21-23-17(3)24-25-21/h5-7,9-10,14,20H,4,8,11-13,15H2,1-3H3,(H,23,24,25). The zero-order chi connectivity index (χ0) is 21.1. The smallest absolute Gasteiger partial charge is 0.254 e. The average molecular weight is 408 g/mol. The molecule has 1 atom stereocenters. The SMILES string of the molecule is CCn1cc(CN2CCCN(C(=O)c3ccccc3)C(c3n[nH]c(C)n3)C2)c(C)n1. The number of H-pyrrole nitrogens is 1. The molecular formula is C22H29N7O. The van der Waals surface area contributed by atoms with Crippen molar-refractivity contribution in [2.75, 3.05) is 19.6 Å². The summed E-state index contributed by atoms with van der Waals surface area (Å²) in [6, 6.07) is 9.26. The summed E-state index contributed by atoms with van der Waals surface area (Å²) in [6.45, 7) is 9.98. The molecular weight excluding hydrogens is 378 g/mol. The maximum Gasteiger partial charge on any atom is 0.254 e. The summed E-state index contributed by atoms with van der Waals surface area (Å²) in [5.74, 6) is 1.46. The first-order valence-corrected chi connectivity index (χ1v) is 10.6. The van der Waals surface area contributed by atoms with Crippen LogP contribution in [0.2, 0.25) is 0 Å². The van der Waals surface area contributed by atoms with E-state index in [0.29, 0.717) is 24.5 Å². The Bertz CT molecular complexity index is 994. The molecule has 1 aliphatic rings. The van der Waals surface area contributed by atoms with Gasteiger partial charge in [0.15, 0.2) is 5.82 Å². The minimum atomic E-state index is -0.202. The summed E-state index contributed by atoms with van der Waals surface area (Å²) < 4.78 is 1.98. The number of hydrogen-bond acceptors (Lipinski definition) is 5. The molecule has 1 saturated heterocycles. The third-order valence-corrected chi connectivity index (χ3v) is 5.64. The summed E-state index contributed by atoms with van der Waals surface area (Å²) in [6.07, 6.45) is 3.03. The molecule has 3 aromatic rings. The third kappa shape index (κ3) is 4.28. The first-order chi connectivity index (χ1) is 14.5. The molecule has 0 radical (unpaired) electrons. The second kappa shape index (κ2) is 8.79. The Balaban J connectivity index is 1.61. The van der Waals surface area contributed by atoms with Crippen LogP contribution in [0.3, 0.4) is 0 Å². The van der Waals surface area contributed by atoms with Gasteiger partial charge >= 0.3 is 0 Å². The zero-order valence-electron chi connectivity index (χ0n) is 17.9. The van der Waals surface area contributed by atoms with Crippen molar-refractivity contribution in [1.29, 1.82) is 0 Å². The molecule has 0 bridgehead atoms. The quantitative estimate of drug-likeness (QED) is 0.703. The third-order valence-electron chi connectivity index (χ3n) is 5.64. The monoisotopic (exact) mass is 407 g/mol.